The zero-order chi connectivity index (χ0) is 14.7. The number of hydrogen-bond acceptors (Lipinski definition) is 2. The number of para-hydroxylation sites is 1. The third-order valence-electron chi connectivity index (χ3n) is 3.46. The average Bonchev–Trinajstić information content (AvgIpc) is 2.91. The summed E-state index contributed by atoms with van der Waals surface area (Å²) in [6, 6.07) is 16.3. The molecule has 1 nitrogen and oxygen atoms in total. The molecule has 4 heteroatoms. The molecule has 3 aromatic rings. The lowest BCUT2D eigenvalue weighted by Crippen LogP contribution is -2.10. The molecule has 0 radical (unpaired) electrons. The van der Waals surface area contributed by atoms with E-state index in [-0.39, 0.29) is 0 Å². The Hall–Kier alpha value is -1.09. The molecule has 0 N–H and O–H groups in total. The van der Waals surface area contributed by atoms with E-state index in [9.17, 15) is 0 Å². The molecule has 0 spiro atoms. The van der Waals surface area contributed by atoms with E-state index in [0.29, 0.717) is 11.8 Å². The van der Waals surface area contributed by atoms with E-state index in [0.717, 1.165) is 28.4 Å². The summed E-state index contributed by atoms with van der Waals surface area (Å²) in [6.07, 6.45) is 1.88. The van der Waals surface area contributed by atoms with Gasteiger partial charge in [0, 0.05) is 17.3 Å². The first-order chi connectivity index (χ1) is 10.2. The van der Waals surface area contributed by atoms with Crippen molar-refractivity contribution in [3.05, 3.63) is 64.1 Å². The number of hydrogen-bond donors (Lipinski definition) is 0. The van der Waals surface area contributed by atoms with Crippen molar-refractivity contribution < 1.29 is 0 Å². The van der Waals surface area contributed by atoms with Gasteiger partial charge in [-0.1, -0.05) is 35.9 Å². The van der Waals surface area contributed by atoms with Gasteiger partial charge in [0.25, 0.3) is 0 Å². The van der Waals surface area contributed by atoms with Crippen LogP contribution in [-0.2, 0) is 12.8 Å². The highest BCUT2D eigenvalue weighted by Gasteiger charge is 2.13. The second-order valence-electron chi connectivity index (χ2n) is 5.13. The average molecular weight is 336 g/mol. The van der Waals surface area contributed by atoms with Crippen molar-refractivity contribution in [3.63, 3.8) is 0 Å². The minimum Gasteiger partial charge on any atom is -0.241 e. The minimum absolute atomic E-state index is 0.397. The lowest BCUT2D eigenvalue weighted by atomic mass is 9.98. The smallest absolute Gasteiger partial charge is 0.0941 e. The van der Waals surface area contributed by atoms with Gasteiger partial charge in [-0.05, 0) is 42.2 Å². The highest BCUT2D eigenvalue weighted by molar-refractivity contribution is 7.18. The van der Waals surface area contributed by atoms with Crippen molar-refractivity contribution in [2.45, 2.75) is 12.8 Å². The summed E-state index contributed by atoms with van der Waals surface area (Å²) in [7, 11) is 0. The summed E-state index contributed by atoms with van der Waals surface area (Å²) < 4.78 is 1.24. The van der Waals surface area contributed by atoms with Gasteiger partial charge in [-0.15, -0.1) is 22.9 Å². The van der Waals surface area contributed by atoms with Crippen LogP contribution in [0.1, 0.15) is 10.6 Å². The van der Waals surface area contributed by atoms with Gasteiger partial charge in [-0.2, -0.15) is 0 Å². The second kappa shape index (κ2) is 6.78. The van der Waals surface area contributed by atoms with Crippen molar-refractivity contribution in [1.29, 1.82) is 0 Å². The first-order valence-electron chi connectivity index (χ1n) is 6.89. The molecule has 0 fully saturated rings. The van der Waals surface area contributed by atoms with Crippen molar-refractivity contribution in [3.8, 4) is 0 Å². The quantitative estimate of drug-likeness (QED) is 0.554. The third-order valence-corrected chi connectivity index (χ3v) is 5.20. The van der Waals surface area contributed by atoms with E-state index in [1.165, 1.54) is 10.3 Å². The summed E-state index contributed by atoms with van der Waals surface area (Å²) in [5, 5.41) is 1.93. The van der Waals surface area contributed by atoms with Gasteiger partial charge in [0.2, 0.25) is 0 Å². The molecule has 0 amide bonds. The maximum Gasteiger partial charge on any atom is 0.0941 e. The number of benzene rings is 2. The Morgan fingerprint density at radius 1 is 1.00 bits per heavy atom. The van der Waals surface area contributed by atoms with E-state index in [1.54, 1.807) is 11.3 Å². The molecule has 0 aliphatic heterocycles. The SMILES string of the molecule is ClCC(Cc1ccc(Cl)cc1)Cc1nc2ccccc2s1. The highest BCUT2D eigenvalue weighted by atomic mass is 35.5. The molecule has 1 unspecified atom stereocenters. The van der Waals surface area contributed by atoms with Crippen molar-refractivity contribution in [1.82, 2.24) is 4.98 Å². The van der Waals surface area contributed by atoms with Crippen LogP contribution in [0.2, 0.25) is 5.02 Å². The molecule has 1 heterocycles. The van der Waals surface area contributed by atoms with Crippen LogP contribution in [0, 0.1) is 5.92 Å². The van der Waals surface area contributed by atoms with Crippen LogP contribution in [0.4, 0.5) is 0 Å². The van der Waals surface area contributed by atoms with E-state index >= 15 is 0 Å². The van der Waals surface area contributed by atoms with Crippen LogP contribution in [0.25, 0.3) is 10.2 Å². The fraction of sp³-hybridized carbons (Fsp3) is 0.235. The van der Waals surface area contributed by atoms with Gasteiger partial charge in [-0.25, -0.2) is 4.98 Å². The van der Waals surface area contributed by atoms with Crippen LogP contribution < -0.4 is 0 Å². The summed E-state index contributed by atoms with van der Waals surface area (Å²) in [5.74, 6) is 1.03. The number of thiazole rings is 1. The van der Waals surface area contributed by atoms with Gasteiger partial charge in [0.15, 0.2) is 0 Å². The number of alkyl halides is 1. The predicted octanol–water partition coefficient (Wildman–Crippen LogP) is 5.59. The van der Waals surface area contributed by atoms with Gasteiger partial charge in [0.1, 0.15) is 0 Å². The molecule has 2 aromatic carbocycles. The van der Waals surface area contributed by atoms with E-state index < -0.39 is 0 Å². The van der Waals surface area contributed by atoms with Crippen molar-refractivity contribution >= 4 is 44.8 Å². The number of rotatable bonds is 5. The molecule has 21 heavy (non-hydrogen) atoms. The molecule has 0 saturated heterocycles. The predicted molar refractivity (Wildman–Crippen MR) is 92.7 cm³/mol. The molecular weight excluding hydrogens is 321 g/mol. The Labute approximate surface area is 138 Å². The molecule has 0 aliphatic rings. The molecule has 3 rings (SSSR count). The molecule has 0 aliphatic carbocycles. The Bertz CT molecular complexity index is 688. The van der Waals surface area contributed by atoms with Gasteiger partial charge >= 0.3 is 0 Å². The van der Waals surface area contributed by atoms with E-state index in [2.05, 4.69) is 30.3 Å². The summed E-state index contributed by atoms with van der Waals surface area (Å²) in [6.45, 7) is 0. The number of aromatic nitrogens is 1. The van der Waals surface area contributed by atoms with Crippen LogP contribution in [0.5, 0.6) is 0 Å². The zero-order valence-electron chi connectivity index (χ0n) is 11.4. The Kier molecular flexibility index (Phi) is 4.79. The zero-order valence-corrected chi connectivity index (χ0v) is 13.8. The summed E-state index contributed by atoms with van der Waals surface area (Å²) in [4.78, 5) is 4.69. The number of nitrogens with zero attached hydrogens (tertiary/aromatic N) is 1. The van der Waals surface area contributed by atoms with E-state index in [1.807, 2.05) is 18.2 Å². The van der Waals surface area contributed by atoms with Crippen LogP contribution in [-0.4, -0.2) is 10.9 Å². The second-order valence-corrected chi connectivity index (χ2v) is 6.99. The topological polar surface area (TPSA) is 12.9 Å². The summed E-state index contributed by atoms with van der Waals surface area (Å²) >= 11 is 13.8. The lowest BCUT2D eigenvalue weighted by molar-refractivity contribution is 0.583. The standard InChI is InChI=1S/C17H15Cl2NS/c18-11-13(9-12-5-7-14(19)8-6-12)10-17-20-15-3-1-2-4-16(15)21-17/h1-8,13H,9-11H2. The fourth-order valence-electron chi connectivity index (χ4n) is 2.39. The molecule has 108 valence electrons. The van der Waals surface area contributed by atoms with Gasteiger partial charge < -0.3 is 0 Å². The number of fused-ring (bicyclic) bond motifs is 1. The van der Waals surface area contributed by atoms with Crippen LogP contribution in [0.3, 0.4) is 0 Å². The summed E-state index contributed by atoms with van der Waals surface area (Å²) in [5.41, 5.74) is 2.35. The maximum atomic E-state index is 6.15. The highest BCUT2D eigenvalue weighted by Crippen LogP contribution is 2.25. The number of halogens is 2. The first-order valence-corrected chi connectivity index (χ1v) is 8.62. The third kappa shape index (κ3) is 3.76. The van der Waals surface area contributed by atoms with Gasteiger partial charge in [0.05, 0.1) is 15.2 Å². The monoisotopic (exact) mass is 335 g/mol. The van der Waals surface area contributed by atoms with Crippen molar-refractivity contribution in [2.24, 2.45) is 5.92 Å². The molecule has 0 saturated carbocycles. The van der Waals surface area contributed by atoms with E-state index in [4.69, 9.17) is 28.2 Å². The maximum absolute atomic E-state index is 6.15. The Morgan fingerprint density at radius 2 is 1.76 bits per heavy atom. The van der Waals surface area contributed by atoms with Crippen LogP contribution in [0.15, 0.2) is 48.5 Å². The molecule has 0 bridgehead atoms. The Balaban J connectivity index is 1.73. The minimum atomic E-state index is 0.397. The fourth-order valence-corrected chi connectivity index (χ4v) is 3.82. The van der Waals surface area contributed by atoms with Crippen molar-refractivity contribution in [2.75, 3.05) is 5.88 Å². The Morgan fingerprint density at radius 3 is 2.48 bits per heavy atom. The lowest BCUT2D eigenvalue weighted by Gasteiger charge is -2.12. The van der Waals surface area contributed by atoms with Gasteiger partial charge in [-0.3, -0.25) is 0 Å². The molecule has 1 aromatic heterocycles. The molecule has 1 atom stereocenters. The largest absolute Gasteiger partial charge is 0.241 e. The first kappa shape index (κ1) is 14.8. The molecular formula is C17H15Cl2NS. The normalized spacial score (nSPS) is 12.7. The van der Waals surface area contributed by atoms with Crippen LogP contribution >= 0.6 is 34.5 Å².